The van der Waals surface area contributed by atoms with Crippen molar-refractivity contribution in [2.75, 3.05) is 13.1 Å². The van der Waals surface area contributed by atoms with Gasteiger partial charge in [0.2, 0.25) is 11.8 Å². The molecule has 1 unspecified atom stereocenters. The van der Waals surface area contributed by atoms with Gasteiger partial charge >= 0.3 is 0 Å². The Morgan fingerprint density at radius 2 is 1.76 bits per heavy atom. The molecule has 1 atom stereocenters. The van der Waals surface area contributed by atoms with Gasteiger partial charge in [0.15, 0.2) is 0 Å². The van der Waals surface area contributed by atoms with Gasteiger partial charge in [-0.3, -0.25) is 9.59 Å². The number of aliphatic hydroxyl groups is 1. The zero-order valence-corrected chi connectivity index (χ0v) is 12.8. The van der Waals surface area contributed by atoms with E-state index in [4.69, 9.17) is 0 Å². The Morgan fingerprint density at radius 3 is 2.33 bits per heavy atom. The predicted molar refractivity (Wildman–Crippen MR) is 81.6 cm³/mol. The number of hydrogen-bond donors (Lipinski definition) is 3. The van der Waals surface area contributed by atoms with Crippen molar-refractivity contribution in [3.05, 3.63) is 35.9 Å². The Bertz CT molecular complexity index is 466. The molecule has 0 saturated carbocycles. The number of benzene rings is 1. The van der Waals surface area contributed by atoms with Gasteiger partial charge in [0, 0.05) is 18.4 Å². The van der Waals surface area contributed by atoms with Gasteiger partial charge in [0.05, 0.1) is 12.6 Å². The predicted octanol–water partition coefficient (Wildman–Crippen LogP) is 0.869. The molecule has 0 radical (unpaired) electrons. The van der Waals surface area contributed by atoms with Gasteiger partial charge in [-0.15, -0.1) is 0 Å². The Hall–Kier alpha value is -1.88. The summed E-state index contributed by atoms with van der Waals surface area (Å²) in [6, 6.07) is 9.57. The van der Waals surface area contributed by atoms with Crippen molar-refractivity contribution in [1.29, 1.82) is 0 Å². The molecule has 116 valence electrons. The summed E-state index contributed by atoms with van der Waals surface area (Å²) < 4.78 is 0. The average Bonchev–Trinajstić information content (AvgIpc) is 2.42. The zero-order valence-electron chi connectivity index (χ0n) is 12.8. The molecule has 1 rings (SSSR count). The first-order valence-corrected chi connectivity index (χ1v) is 7.06. The van der Waals surface area contributed by atoms with E-state index in [2.05, 4.69) is 10.6 Å². The van der Waals surface area contributed by atoms with Crippen LogP contribution in [0.25, 0.3) is 0 Å². The van der Waals surface area contributed by atoms with Crippen molar-refractivity contribution >= 4 is 11.8 Å². The molecule has 3 N–H and O–H groups in total. The summed E-state index contributed by atoms with van der Waals surface area (Å²) in [4.78, 5) is 23.2. The van der Waals surface area contributed by atoms with Gasteiger partial charge in [-0.1, -0.05) is 51.1 Å². The lowest BCUT2D eigenvalue weighted by Gasteiger charge is -2.17. The minimum Gasteiger partial charge on any atom is -0.391 e. The third kappa shape index (κ3) is 6.90. The number of carbonyl (C=O) groups is 2. The maximum atomic E-state index is 11.6. The molecule has 21 heavy (non-hydrogen) atoms. The summed E-state index contributed by atoms with van der Waals surface area (Å²) in [5, 5.41) is 15.0. The molecule has 2 amide bonds. The number of amides is 2. The smallest absolute Gasteiger partial charge is 0.239 e. The summed E-state index contributed by atoms with van der Waals surface area (Å²) in [5.74, 6) is -0.484. The largest absolute Gasteiger partial charge is 0.391 e. The molecule has 0 aliphatic carbocycles. The van der Waals surface area contributed by atoms with Gasteiger partial charge in [-0.05, 0) is 5.56 Å². The lowest BCUT2D eigenvalue weighted by Crippen LogP contribution is -2.43. The van der Waals surface area contributed by atoms with E-state index in [-0.39, 0.29) is 24.9 Å². The maximum Gasteiger partial charge on any atom is 0.239 e. The van der Waals surface area contributed by atoms with E-state index in [1.54, 1.807) is 20.8 Å². The first-order chi connectivity index (χ1) is 9.79. The monoisotopic (exact) mass is 292 g/mol. The Kier molecular flexibility index (Phi) is 6.37. The summed E-state index contributed by atoms with van der Waals surface area (Å²) in [6.07, 6.45) is -0.162. The van der Waals surface area contributed by atoms with E-state index in [0.717, 1.165) is 5.56 Å². The molecule has 0 spiro atoms. The van der Waals surface area contributed by atoms with Crippen LogP contribution in [0, 0.1) is 5.41 Å². The molecule has 1 aromatic rings. The minimum absolute atomic E-state index is 0.0752. The van der Waals surface area contributed by atoms with Crippen molar-refractivity contribution < 1.29 is 14.7 Å². The first kappa shape index (κ1) is 17.2. The molecule has 0 aliphatic heterocycles. The van der Waals surface area contributed by atoms with Gasteiger partial charge < -0.3 is 15.7 Å². The lowest BCUT2D eigenvalue weighted by molar-refractivity contribution is -0.131. The highest BCUT2D eigenvalue weighted by molar-refractivity contribution is 5.87. The third-order valence-electron chi connectivity index (χ3n) is 2.94. The maximum absolute atomic E-state index is 11.6. The van der Waals surface area contributed by atoms with Gasteiger partial charge in [0.25, 0.3) is 0 Å². The Morgan fingerprint density at radius 1 is 1.14 bits per heavy atom. The number of aliphatic hydroxyl groups excluding tert-OH is 1. The fraction of sp³-hybridized carbons (Fsp3) is 0.500. The van der Waals surface area contributed by atoms with Gasteiger partial charge in [-0.2, -0.15) is 0 Å². The van der Waals surface area contributed by atoms with E-state index in [1.165, 1.54) is 0 Å². The SMILES string of the molecule is CC(C)(C)C(=O)NCC(=O)NCC(O)Cc1ccccc1. The van der Waals surface area contributed by atoms with Gasteiger partial charge in [0.1, 0.15) is 0 Å². The van der Waals surface area contributed by atoms with Crippen molar-refractivity contribution in [3.63, 3.8) is 0 Å². The molecule has 0 heterocycles. The molecular formula is C16H24N2O3. The van der Waals surface area contributed by atoms with Crippen molar-refractivity contribution in [3.8, 4) is 0 Å². The third-order valence-corrected chi connectivity index (χ3v) is 2.94. The minimum atomic E-state index is -0.644. The number of nitrogens with one attached hydrogen (secondary N) is 2. The summed E-state index contributed by atoms with van der Waals surface area (Å²) in [5.41, 5.74) is 0.493. The molecule has 0 bridgehead atoms. The Labute approximate surface area is 125 Å². The Balaban J connectivity index is 2.25. The number of rotatable bonds is 6. The fourth-order valence-corrected chi connectivity index (χ4v) is 1.68. The quantitative estimate of drug-likeness (QED) is 0.728. The standard InChI is InChI=1S/C16H24N2O3/c1-16(2,3)15(21)18-11-14(20)17-10-13(19)9-12-7-5-4-6-8-12/h4-8,13,19H,9-11H2,1-3H3,(H,17,20)(H,18,21). The van der Waals surface area contributed by atoms with Crippen LogP contribution in [0.1, 0.15) is 26.3 Å². The number of hydrogen-bond acceptors (Lipinski definition) is 3. The first-order valence-electron chi connectivity index (χ1n) is 7.06. The van der Waals surface area contributed by atoms with E-state index >= 15 is 0 Å². The normalized spacial score (nSPS) is 12.6. The highest BCUT2D eigenvalue weighted by atomic mass is 16.3. The molecule has 0 aliphatic rings. The fourth-order valence-electron chi connectivity index (χ4n) is 1.68. The zero-order chi connectivity index (χ0) is 15.9. The van der Waals surface area contributed by atoms with Crippen molar-refractivity contribution in [2.24, 2.45) is 5.41 Å². The van der Waals surface area contributed by atoms with Crippen LogP contribution in [-0.4, -0.2) is 36.1 Å². The van der Waals surface area contributed by atoms with Crippen molar-refractivity contribution in [1.82, 2.24) is 10.6 Å². The van der Waals surface area contributed by atoms with Crippen LogP contribution < -0.4 is 10.6 Å². The van der Waals surface area contributed by atoms with Crippen LogP contribution in [0.5, 0.6) is 0 Å². The summed E-state index contributed by atoms with van der Waals surface area (Å²) in [7, 11) is 0. The molecule has 0 fully saturated rings. The second kappa shape index (κ2) is 7.78. The highest BCUT2D eigenvalue weighted by Gasteiger charge is 2.21. The molecular weight excluding hydrogens is 268 g/mol. The van der Waals surface area contributed by atoms with E-state index in [0.29, 0.717) is 6.42 Å². The van der Waals surface area contributed by atoms with Crippen LogP contribution in [0.4, 0.5) is 0 Å². The highest BCUT2D eigenvalue weighted by Crippen LogP contribution is 2.11. The summed E-state index contributed by atoms with van der Waals surface area (Å²) >= 11 is 0. The van der Waals surface area contributed by atoms with Crippen LogP contribution >= 0.6 is 0 Å². The molecule has 0 aromatic heterocycles. The molecule has 0 saturated heterocycles. The van der Waals surface area contributed by atoms with Crippen LogP contribution in [0.3, 0.4) is 0 Å². The van der Waals surface area contributed by atoms with Crippen LogP contribution in [0.15, 0.2) is 30.3 Å². The molecule has 5 heteroatoms. The van der Waals surface area contributed by atoms with E-state index in [1.807, 2.05) is 30.3 Å². The molecule has 5 nitrogen and oxygen atoms in total. The van der Waals surface area contributed by atoms with E-state index < -0.39 is 11.5 Å². The molecule has 1 aromatic carbocycles. The second-order valence-corrected chi connectivity index (χ2v) is 6.08. The summed E-state index contributed by atoms with van der Waals surface area (Å²) in [6.45, 7) is 5.44. The van der Waals surface area contributed by atoms with Crippen LogP contribution in [-0.2, 0) is 16.0 Å². The van der Waals surface area contributed by atoms with Crippen molar-refractivity contribution in [2.45, 2.75) is 33.3 Å². The lowest BCUT2D eigenvalue weighted by atomic mass is 9.96. The topological polar surface area (TPSA) is 78.4 Å². The average molecular weight is 292 g/mol. The number of carbonyl (C=O) groups excluding carboxylic acids is 2. The van der Waals surface area contributed by atoms with Crippen LogP contribution in [0.2, 0.25) is 0 Å². The second-order valence-electron chi connectivity index (χ2n) is 6.08. The van der Waals surface area contributed by atoms with Gasteiger partial charge in [-0.25, -0.2) is 0 Å². The van der Waals surface area contributed by atoms with E-state index in [9.17, 15) is 14.7 Å².